The maximum Gasteiger partial charge on any atom is 0.405 e. The molecule has 3 aromatic rings. The van der Waals surface area contributed by atoms with Gasteiger partial charge in [-0.25, -0.2) is 9.78 Å². The molecular formula is C29H29N3O5. The van der Waals surface area contributed by atoms with Crippen LogP contribution in [0.25, 0.3) is 22.4 Å². The minimum Gasteiger partial charge on any atom is -0.466 e. The van der Waals surface area contributed by atoms with Crippen molar-refractivity contribution in [2.45, 2.75) is 43.7 Å². The van der Waals surface area contributed by atoms with Gasteiger partial charge in [-0.3, -0.25) is 4.79 Å². The molecule has 37 heavy (non-hydrogen) atoms. The SMILES string of the molecule is O=C(O)NC1(c2ccc(-c3nc4c(cc3-c3ccccc3)N(C3CCOCC3)C(=O)CO4)cc2)CCC1. The van der Waals surface area contributed by atoms with Crippen LogP contribution in [0.1, 0.15) is 37.7 Å². The molecule has 190 valence electrons. The molecule has 2 fully saturated rings. The Hall–Kier alpha value is -3.91. The van der Waals surface area contributed by atoms with Crippen molar-refractivity contribution in [1.82, 2.24) is 10.3 Å². The molecule has 1 aromatic heterocycles. The second-order valence-electron chi connectivity index (χ2n) is 9.91. The van der Waals surface area contributed by atoms with Crippen molar-refractivity contribution in [3.05, 3.63) is 66.2 Å². The molecule has 0 unspecified atom stereocenters. The first-order valence-electron chi connectivity index (χ1n) is 12.8. The van der Waals surface area contributed by atoms with Gasteiger partial charge in [-0.15, -0.1) is 0 Å². The number of ether oxygens (including phenoxy) is 2. The van der Waals surface area contributed by atoms with E-state index in [-0.39, 0.29) is 18.6 Å². The lowest BCUT2D eigenvalue weighted by atomic mass is 9.71. The van der Waals surface area contributed by atoms with Gasteiger partial charge >= 0.3 is 6.09 Å². The number of carbonyl (C=O) groups excluding carboxylic acids is 1. The number of amides is 2. The van der Waals surface area contributed by atoms with Gasteiger partial charge in [0.25, 0.3) is 5.91 Å². The molecule has 8 nitrogen and oxygen atoms in total. The second-order valence-corrected chi connectivity index (χ2v) is 9.91. The molecule has 2 N–H and O–H groups in total. The molecule has 6 rings (SSSR count). The van der Waals surface area contributed by atoms with E-state index in [1.54, 1.807) is 0 Å². The van der Waals surface area contributed by atoms with E-state index in [0.717, 1.165) is 60.1 Å². The van der Waals surface area contributed by atoms with Crippen LogP contribution in [-0.4, -0.2) is 48.0 Å². The summed E-state index contributed by atoms with van der Waals surface area (Å²) in [5, 5.41) is 12.1. The van der Waals surface area contributed by atoms with Crippen molar-refractivity contribution >= 4 is 17.7 Å². The predicted octanol–water partition coefficient (Wildman–Crippen LogP) is 4.97. The molecule has 2 amide bonds. The highest BCUT2D eigenvalue weighted by atomic mass is 16.5. The Bertz CT molecular complexity index is 1320. The molecule has 0 atom stereocenters. The van der Waals surface area contributed by atoms with E-state index in [0.29, 0.717) is 24.8 Å². The summed E-state index contributed by atoms with van der Waals surface area (Å²) in [6, 6.07) is 20.0. The van der Waals surface area contributed by atoms with Crippen LogP contribution in [0, 0.1) is 0 Å². The van der Waals surface area contributed by atoms with Crippen molar-refractivity contribution < 1.29 is 24.2 Å². The van der Waals surface area contributed by atoms with Gasteiger partial charge < -0.3 is 24.8 Å². The molecule has 0 spiro atoms. The third-order valence-electron chi connectivity index (χ3n) is 7.73. The lowest BCUT2D eigenvalue weighted by Crippen LogP contribution is -2.50. The molecule has 0 bridgehead atoms. The predicted molar refractivity (Wildman–Crippen MR) is 139 cm³/mol. The Balaban J connectivity index is 1.43. The van der Waals surface area contributed by atoms with Crippen LogP contribution in [-0.2, 0) is 15.1 Å². The summed E-state index contributed by atoms with van der Waals surface area (Å²) in [5.41, 5.74) is 4.68. The molecule has 1 aliphatic carbocycles. The largest absolute Gasteiger partial charge is 0.466 e. The first-order chi connectivity index (χ1) is 18.0. The molecule has 3 heterocycles. The van der Waals surface area contributed by atoms with Crippen LogP contribution in [0.2, 0.25) is 0 Å². The lowest BCUT2D eigenvalue weighted by Gasteiger charge is -2.42. The van der Waals surface area contributed by atoms with Crippen LogP contribution < -0.4 is 15.0 Å². The van der Waals surface area contributed by atoms with Crippen LogP contribution in [0.3, 0.4) is 0 Å². The number of nitrogens with zero attached hydrogens (tertiary/aromatic N) is 2. The molecule has 1 saturated carbocycles. The van der Waals surface area contributed by atoms with E-state index >= 15 is 0 Å². The van der Waals surface area contributed by atoms with Gasteiger partial charge in [-0.05, 0) is 49.3 Å². The number of anilines is 1. The maximum absolute atomic E-state index is 13.0. The van der Waals surface area contributed by atoms with E-state index < -0.39 is 11.6 Å². The number of hydrogen-bond donors (Lipinski definition) is 2. The summed E-state index contributed by atoms with van der Waals surface area (Å²) in [6.45, 7) is 1.22. The summed E-state index contributed by atoms with van der Waals surface area (Å²) in [7, 11) is 0. The number of rotatable bonds is 5. The van der Waals surface area contributed by atoms with E-state index in [9.17, 15) is 14.7 Å². The van der Waals surface area contributed by atoms with Gasteiger partial charge in [0, 0.05) is 30.4 Å². The van der Waals surface area contributed by atoms with Crippen LogP contribution in [0.5, 0.6) is 5.88 Å². The zero-order chi connectivity index (χ0) is 25.4. The van der Waals surface area contributed by atoms with Gasteiger partial charge in [0.1, 0.15) is 5.69 Å². The number of benzene rings is 2. The lowest BCUT2D eigenvalue weighted by molar-refractivity contribution is -0.122. The number of fused-ring (bicyclic) bond motifs is 1. The standard InChI is InChI=1S/C29H29N3O5/c33-25-18-37-27-24(32(25)22-11-15-36-16-12-22)17-23(19-5-2-1-3-6-19)26(30-27)20-7-9-21(10-8-20)29(13-4-14-29)31-28(34)35/h1-3,5-10,17,22,31H,4,11-16,18H2,(H,34,35). The molecular weight excluding hydrogens is 470 g/mol. The number of hydrogen-bond acceptors (Lipinski definition) is 5. The molecule has 8 heteroatoms. The Kier molecular flexibility index (Phi) is 6.04. The second kappa shape index (κ2) is 9.52. The minimum atomic E-state index is -1.01. The molecule has 0 radical (unpaired) electrons. The fourth-order valence-electron chi connectivity index (χ4n) is 5.67. The Labute approximate surface area is 215 Å². The van der Waals surface area contributed by atoms with Gasteiger partial charge in [0.2, 0.25) is 5.88 Å². The van der Waals surface area contributed by atoms with Gasteiger partial charge in [0.15, 0.2) is 6.61 Å². The highest BCUT2D eigenvalue weighted by Crippen LogP contribution is 2.44. The quantitative estimate of drug-likeness (QED) is 0.514. The van der Waals surface area contributed by atoms with Crippen molar-refractivity contribution in [3.8, 4) is 28.3 Å². The smallest absolute Gasteiger partial charge is 0.405 e. The third-order valence-corrected chi connectivity index (χ3v) is 7.73. The van der Waals surface area contributed by atoms with Gasteiger partial charge in [-0.2, -0.15) is 0 Å². The van der Waals surface area contributed by atoms with Crippen LogP contribution >= 0.6 is 0 Å². The average Bonchev–Trinajstić information content (AvgIpc) is 2.91. The third kappa shape index (κ3) is 4.31. The van der Waals surface area contributed by atoms with Crippen LogP contribution in [0.4, 0.5) is 10.5 Å². The van der Waals surface area contributed by atoms with E-state index in [4.69, 9.17) is 14.5 Å². The number of aromatic nitrogens is 1. The summed E-state index contributed by atoms with van der Waals surface area (Å²) in [6.07, 6.45) is 3.12. The van der Waals surface area contributed by atoms with E-state index in [2.05, 4.69) is 5.32 Å². The van der Waals surface area contributed by atoms with E-state index in [1.165, 1.54) is 0 Å². The fourth-order valence-corrected chi connectivity index (χ4v) is 5.67. The maximum atomic E-state index is 13.0. The fraction of sp³-hybridized carbons (Fsp3) is 0.345. The van der Waals surface area contributed by atoms with Crippen LogP contribution in [0.15, 0.2) is 60.7 Å². The van der Waals surface area contributed by atoms with Crippen molar-refractivity contribution in [1.29, 1.82) is 0 Å². The molecule has 1 saturated heterocycles. The zero-order valence-corrected chi connectivity index (χ0v) is 20.5. The topological polar surface area (TPSA) is 101 Å². The summed E-state index contributed by atoms with van der Waals surface area (Å²) in [4.78, 5) is 31.2. The first kappa shape index (κ1) is 23.5. The number of pyridine rings is 1. The van der Waals surface area contributed by atoms with Crippen molar-refractivity contribution in [3.63, 3.8) is 0 Å². The Morgan fingerprint density at radius 3 is 2.41 bits per heavy atom. The highest BCUT2D eigenvalue weighted by Gasteiger charge is 2.40. The summed E-state index contributed by atoms with van der Waals surface area (Å²) in [5.74, 6) is 0.391. The number of carbonyl (C=O) groups is 2. The zero-order valence-electron chi connectivity index (χ0n) is 20.5. The first-order valence-corrected chi connectivity index (χ1v) is 12.8. The Morgan fingerprint density at radius 2 is 1.76 bits per heavy atom. The van der Waals surface area contributed by atoms with Gasteiger partial charge in [0.05, 0.1) is 11.2 Å². The number of carboxylic acid groups (broad SMARTS) is 1. The monoisotopic (exact) mass is 499 g/mol. The van der Waals surface area contributed by atoms with Crippen molar-refractivity contribution in [2.75, 3.05) is 24.7 Å². The minimum absolute atomic E-state index is 0.0379. The molecule has 2 aromatic carbocycles. The average molecular weight is 500 g/mol. The van der Waals surface area contributed by atoms with Crippen molar-refractivity contribution in [2.24, 2.45) is 0 Å². The highest BCUT2D eigenvalue weighted by molar-refractivity contribution is 6.00. The molecule has 3 aliphatic rings. The van der Waals surface area contributed by atoms with Gasteiger partial charge in [-0.1, -0.05) is 54.6 Å². The van der Waals surface area contributed by atoms with E-state index in [1.807, 2.05) is 65.6 Å². The Morgan fingerprint density at radius 1 is 1.03 bits per heavy atom. The summed E-state index contributed by atoms with van der Waals surface area (Å²) >= 11 is 0. The number of nitrogens with one attached hydrogen (secondary N) is 1. The summed E-state index contributed by atoms with van der Waals surface area (Å²) < 4.78 is 11.4. The molecule has 2 aliphatic heterocycles. The normalized spacial score (nSPS) is 18.9.